The second kappa shape index (κ2) is 23.8. The number of rotatable bonds is 8. The van der Waals surface area contributed by atoms with Crippen molar-refractivity contribution in [3.05, 3.63) is 344 Å². The highest BCUT2D eigenvalue weighted by atomic mass is 15.2. The zero-order valence-corrected chi connectivity index (χ0v) is 60.5. The summed E-state index contributed by atoms with van der Waals surface area (Å²) in [6.07, 6.45) is 0. The molecule has 4 aromatic heterocycles. The van der Waals surface area contributed by atoms with E-state index in [9.17, 15) is 27.4 Å². The maximum Gasteiger partial charge on any atom is 0.252 e. The zero-order chi connectivity index (χ0) is 101. The first-order chi connectivity index (χ1) is 66.3. The number of anilines is 6. The van der Waals surface area contributed by atoms with Gasteiger partial charge < -0.3 is 28.1 Å². The zero-order valence-electron chi connectivity index (χ0n) is 92.5. The number of nitrogens with zero attached hydrogens (tertiary/aromatic N) is 6. The van der Waals surface area contributed by atoms with Crippen LogP contribution in [0.25, 0.3) is 132 Å². The SMILES string of the molecule is [2H]c1c([2H])c([2H])c2c(c1[2H])c1c([2H])c([2H])c([2H])c([2H])c1n2-c1ccc(-c2cc(C(C)(C)C)ccc2N2c3cc(-n4c5c([2H])c([2H])c([2H])c([2H])c5c5c([2H])c([2H])c([2H])c([2H])c54)ccc3B3c4ccc(-n5c6c([2H])c([2H])c([2H])c([2H])c6c6c([2H])c([2H])c([2H])c([2H])c65)cc4N(c4ccc(C(C)(C)C)cc4-c4ccc(-n5c6c([2H])c([2H])c([2H])c([2H])c6c6c([2H])c([2H])c([2H])c([2H])c65)cc4)c4cc(C(C)(C)C)cc2c43)cc1. The van der Waals surface area contributed by atoms with Gasteiger partial charge in [0.25, 0.3) is 6.71 Å². The predicted molar refractivity (Wildman–Crippen MR) is 465 cm³/mol. The summed E-state index contributed by atoms with van der Waals surface area (Å²) >= 11 is 0. The van der Waals surface area contributed by atoms with Crippen molar-refractivity contribution in [2.24, 2.45) is 0 Å². The monoisotopic (exact) mass is 1430 g/mol. The van der Waals surface area contributed by atoms with Gasteiger partial charge >= 0.3 is 0 Å². The Morgan fingerprint density at radius 3 is 0.771 bits per heavy atom. The molecule has 19 aromatic rings. The Kier molecular flexibility index (Phi) is 8.67. The molecule has 2 aliphatic heterocycles. The number of hydrogen-bond acceptors (Lipinski definition) is 2. The fourth-order valence-electron chi connectivity index (χ4n) is 16.4. The van der Waals surface area contributed by atoms with Gasteiger partial charge in [0.05, 0.1) is 99.4 Å². The summed E-state index contributed by atoms with van der Waals surface area (Å²) in [6, 6.07) is 21.9. The highest BCUT2D eigenvalue weighted by Gasteiger charge is 2.46. The van der Waals surface area contributed by atoms with E-state index in [1.165, 1.54) is 18.3 Å². The Morgan fingerprint density at radius 2 is 0.495 bits per heavy atom. The quantitative estimate of drug-likeness (QED) is 0.142. The maximum absolute atomic E-state index is 9.87. The van der Waals surface area contributed by atoms with Crippen molar-refractivity contribution in [3.8, 4) is 45.0 Å². The molecule has 0 amide bonds. The fourth-order valence-corrected chi connectivity index (χ4v) is 16.4. The first-order valence-electron chi connectivity index (χ1n) is 51.9. The van der Waals surface area contributed by atoms with Crippen molar-refractivity contribution in [3.63, 3.8) is 0 Å². The van der Waals surface area contributed by atoms with Gasteiger partial charge in [0.2, 0.25) is 0 Å². The molecule has 0 unspecified atom stereocenters. The highest BCUT2D eigenvalue weighted by Crippen LogP contribution is 2.53. The van der Waals surface area contributed by atoms with Gasteiger partial charge in [-0.3, -0.25) is 0 Å². The van der Waals surface area contributed by atoms with Crippen LogP contribution in [0.5, 0.6) is 0 Å². The molecule has 21 rings (SSSR count). The summed E-state index contributed by atoms with van der Waals surface area (Å²) in [5, 5.41) is -1.28. The lowest BCUT2D eigenvalue weighted by Crippen LogP contribution is -2.61. The highest BCUT2D eigenvalue weighted by molar-refractivity contribution is 7.00. The summed E-state index contributed by atoms with van der Waals surface area (Å²) in [7, 11) is 0. The van der Waals surface area contributed by atoms with Crippen LogP contribution in [0.4, 0.5) is 34.1 Å². The van der Waals surface area contributed by atoms with Crippen LogP contribution in [0.3, 0.4) is 0 Å². The summed E-state index contributed by atoms with van der Waals surface area (Å²) in [4.78, 5) is 4.15. The first-order valence-corrected chi connectivity index (χ1v) is 35.9. The van der Waals surface area contributed by atoms with Crippen LogP contribution in [0.2, 0.25) is 0 Å². The summed E-state index contributed by atoms with van der Waals surface area (Å²) in [5.74, 6) is 0. The van der Waals surface area contributed by atoms with E-state index in [1.54, 1.807) is 72.8 Å². The van der Waals surface area contributed by atoms with Crippen molar-refractivity contribution < 1.29 is 43.9 Å². The number of para-hydroxylation sites is 8. The molecule has 0 saturated carbocycles. The minimum Gasteiger partial charge on any atom is -0.311 e. The van der Waals surface area contributed by atoms with Crippen LogP contribution < -0.4 is 26.2 Å². The second-order valence-electron chi connectivity index (χ2n) is 31.0. The molecular weight excluding hydrogens is 1320 g/mol. The van der Waals surface area contributed by atoms with Gasteiger partial charge in [-0.05, 0) is 194 Å². The van der Waals surface area contributed by atoms with Crippen LogP contribution in [0.15, 0.2) is 327 Å². The third-order valence-electron chi connectivity index (χ3n) is 21.6. The lowest BCUT2D eigenvalue weighted by molar-refractivity contribution is 0.590. The summed E-state index contributed by atoms with van der Waals surface area (Å²) in [5.41, 5.74) is 6.53. The van der Waals surface area contributed by atoms with E-state index in [0.717, 1.165) is 11.1 Å². The molecule has 0 aliphatic carbocycles. The molecule has 109 heavy (non-hydrogen) atoms. The van der Waals surface area contributed by atoms with Gasteiger partial charge in [0.15, 0.2) is 0 Å². The molecular formula is C102H81BN6. The Labute approximate surface area is 681 Å². The van der Waals surface area contributed by atoms with Gasteiger partial charge in [-0.25, -0.2) is 0 Å². The van der Waals surface area contributed by atoms with E-state index >= 15 is 0 Å². The molecule has 6 heterocycles. The molecule has 0 fully saturated rings. The van der Waals surface area contributed by atoms with E-state index in [1.807, 2.05) is 111 Å². The number of hydrogen-bond donors (Lipinski definition) is 0. The Bertz CT molecular complexity index is 8210. The smallest absolute Gasteiger partial charge is 0.252 e. The van der Waals surface area contributed by atoms with Gasteiger partial charge in [-0.2, -0.15) is 0 Å². The topological polar surface area (TPSA) is 26.2 Å². The second-order valence-corrected chi connectivity index (χ2v) is 31.0. The third-order valence-corrected chi connectivity index (χ3v) is 21.6. The minimum atomic E-state index is -0.971. The van der Waals surface area contributed by atoms with Crippen molar-refractivity contribution in [1.82, 2.24) is 18.3 Å². The number of aromatic nitrogens is 4. The standard InChI is InChI=1S/C102H81BN6/c1-100(2,3)66-46-56-93(81(58-66)64-42-48-69(49-43-64)104-85-34-18-10-26-73(85)74-27-11-19-35-86(74)104)108-95-62-71(106-89-38-22-14-30-77(89)78-31-15-23-39-90(78)106)52-54-83(95)103-84-55-53-72(107-91-40-24-16-32-79(91)80-33-17-25-41-92(80)107)63-96(84)109(98-61-68(102(7,8)9)60-97(108)99(98)103)94-57-47-67(101(4,5)6)59-82(94)65-44-50-70(51-45-65)105-87-36-20-12-28-75(87)76-29-13-21-37-88(76)105/h10-63H,1-9H3/i10D,11D,12D,13D,14D,15D,16D,17D,18D,19D,20D,21D,22D,23D,24D,25D,26D,27D,28D,29D,30D,31D,32D,33D,34D,35D,36D,37D,38D,39D,40D,41D. The summed E-state index contributed by atoms with van der Waals surface area (Å²) < 4.78 is 304. The van der Waals surface area contributed by atoms with E-state index in [2.05, 4.69) is 21.9 Å². The van der Waals surface area contributed by atoms with Crippen LogP contribution in [-0.4, -0.2) is 25.0 Å². The van der Waals surface area contributed by atoms with E-state index in [0.29, 0.717) is 78.3 Å². The van der Waals surface area contributed by atoms with Crippen LogP contribution in [0.1, 0.15) is 123 Å². The average molecular weight is 1430 g/mol. The molecule has 7 heteroatoms. The number of fused-ring (bicyclic) bond motifs is 16. The Morgan fingerprint density at radius 1 is 0.239 bits per heavy atom. The normalized spacial score (nSPS) is 17.2. The minimum absolute atomic E-state index is 0.111. The van der Waals surface area contributed by atoms with Gasteiger partial charge in [-0.1, -0.05) is 256 Å². The molecule has 0 atom stereocenters. The number of benzene rings is 15. The van der Waals surface area contributed by atoms with Crippen molar-refractivity contribution in [2.75, 3.05) is 9.80 Å². The predicted octanol–water partition coefficient (Wildman–Crippen LogP) is 25.4. The summed E-state index contributed by atoms with van der Waals surface area (Å²) in [6.45, 7) is 17.4. The molecule has 0 bridgehead atoms. The van der Waals surface area contributed by atoms with Crippen molar-refractivity contribution in [2.45, 2.75) is 78.6 Å². The lowest BCUT2D eigenvalue weighted by atomic mass is 9.33. The molecule has 15 aromatic carbocycles. The van der Waals surface area contributed by atoms with E-state index in [4.69, 9.17) is 16.4 Å². The fraction of sp³-hybridized carbons (Fsp3) is 0.118. The van der Waals surface area contributed by atoms with Gasteiger partial charge in [-0.15, -0.1) is 0 Å². The van der Waals surface area contributed by atoms with Crippen LogP contribution in [-0.2, 0) is 16.2 Å². The molecule has 6 nitrogen and oxygen atoms in total. The van der Waals surface area contributed by atoms with E-state index < -0.39 is 216 Å². The molecule has 522 valence electrons. The Hall–Kier alpha value is -12.8. The maximum atomic E-state index is 9.87. The molecule has 0 spiro atoms. The largest absolute Gasteiger partial charge is 0.311 e. The van der Waals surface area contributed by atoms with Crippen molar-refractivity contribution >= 4 is 144 Å². The average Bonchev–Trinajstić information content (AvgIpc) is 1.59. The lowest BCUT2D eigenvalue weighted by Gasteiger charge is -2.46. The first kappa shape index (κ1) is 39.7. The Balaban J connectivity index is 0.905. The molecule has 2 aliphatic rings. The van der Waals surface area contributed by atoms with E-state index in [-0.39, 0.29) is 110 Å². The van der Waals surface area contributed by atoms with Crippen LogP contribution in [0, 0.1) is 0 Å². The molecule has 0 N–H and O–H groups in total. The van der Waals surface area contributed by atoms with Crippen molar-refractivity contribution in [1.29, 1.82) is 0 Å². The molecule has 0 radical (unpaired) electrons. The van der Waals surface area contributed by atoms with Gasteiger partial charge in [0.1, 0.15) is 0 Å². The van der Waals surface area contributed by atoms with Gasteiger partial charge in [0, 0.05) is 99.7 Å². The third kappa shape index (κ3) is 9.88. The van der Waals surface area contributed by atoms with Crippen LogP contribution >= 0.6 is 0 Å². The molecule has 0 saturated heterocycles.